The van der Waals surface area contributed by atoms with E-state index in [2.05, 4.69) is 0 Å². The Bertz CT molecular complexity index is 354. The fourth-order valence-electron chi connectivity index (χ4n) is 1.19. The summed E-state index contributed by atoms with van der Waals surface area (Å²) in [6.07, 6.45) is -0.495. The zero-order chi connectivity index (χ0) is 12.0. The van der Waals surface area contributed by atoms with Crippen molar-refractivity contribution in [3.63, 3.8) is 0 Å². The van der Waals surface area contributed by atoms with Crippen LogP contribution in [-0.4, -0.2) is 23.2 Å². The number of rotatable bonds is 6. The number of hydrogen-bond acceptors (Lipinski definition) is 3. The van der Waals surface area contributed by atoms with E-state index in [0.29, 0.717) is 17.9 Å². The van der Waals surface area contributed by atoms with Gasteiger partial charge in [0.15, 0.2) is 23.7 Å². The molecule has 0 heterocycles. The Labute approximate surface area is 98.7 Å². The monoisotopic (exact) mass is 244 g/mol. The highest BCUT2D eigenvalue weighted by Gasteiger charge is 2.18. The van der Waals surface area contributed by atoms with Gasteiger partial charge >= 0.3 is 5.97 Å². The van der Waals surface area contributed by atoms with Gasteiger partial charge in [0.05, 0.1) is 0 Å². The largest absolute Gasteiger partial charge is 0.479 e. The van der Waals surface area contributed by atoms with E-state index in [1.54, 1.807) is 31.2 Å². The number of halogens is 1. The van der Waals surface area contributed by atoms with E-state index in [0.717, 1.165) is 0 Å². The van der Waals surface area contributed by atoms with Crippen LogP contribution in [-0.2, 0) is 4.79 Å². The van der Waals surface area contributed by atoms with E-state index in [1.807, 2.05) is 0 Å². The number of alkyl halides is 1. The van der Waals surface area contributed by atoms with E-state index < -0.39 is 12.1 Å². The summed E-state index contributed by atoms with van der Waals surface area (Å²) in [5.74, 6) is -0.169. The quantitative estimate of drug-likeness (QED) is 0.782. The molecule has 4 nitrogen and oxygen atoms in total. The number of aliphatic carboxylic acids is 1. The van der Waals surface area contributed by atoms with Crippen LogP contribution in [0.25, 0.3) is 0 Å². The molecule has 0 saturated carbocycles. The van der Waals surface area contributed by atoms with Gasteiger partial charge in [-0.05, 0) is 18.6 Å². The first-order valence-corrected chi connectivity index (χ1v) is 5.39. The molecule has 0 radical (unpaired) electrons. The van der Waals surface area contributed by atoms with E-state index in [1.165, 1.54) is 0 Å². The number of carboxylic acid groups (broad SMARTS) is 1. The van der Waals surface area contributed by atoms with Crippen molar-refractivity contribution in [3.8, 4) is 11.5 Å². The van der Waals surface area contributed by atoms with Crippen molar-refractivity contribution < 1.29 is 19.4 Å². The summed E-state index contributed by atoms with van der Waals surface area (Å²) in [5.41, 5.74) is 0. The van der Waals surface area contributed by atoms with Crippen molar-refractivity contribution >= 4 is 17.6 Å². The third kappa shape index (κ3) is 3.31. The highest BCUT2D eigenvalue weighted by molar-refractivity contribution is 6.17. The molecule has 1 aromatic rings. The van der Waals surface area contributed by atoms with Crippen LogP contribution >= 0.6 is 11.6 Å². The van der Waals surface area contributed by atoms with Gasteiger partial charge in [-0.25, -0.2) is 4.79 Å². The number of carbonyl (C=O) groups is 1. The van der Waals surface area contributed by atoms with Crippen molar-refractivity contribution in [2.24, 2.45) is 0 Å². The summed E-state index contributed by atoms with van der Waals surface area (Å²) >= 11 is 5.45. The summed E-state index contributed by atoms with van der Waals surface area (Å²) in [5, 5.41) is 8.86. The van der Waals surface area contributed by atoms with Crippen LogP contribution in [0.1, 0.15) is 13.3 Å². The molecule has 88 valence electrons. The number of ether oxygens (including phenoxy) is 2. The average Bonchev–Trinajstić information content (AvgIpc) is 2.27. The minimum absolute atomic E-state index is 0.00969. The second-order valence-electron chi connectivity index (χ2n) is 3.05. The van der Waals surface area contributed by atoms with Crippen LogP contribution in [0.3, 0.4) is 0 Å². The van der Waals surface area contributed by atoms with Crippen molar-refractivity contribution in [2.45, 2.75) is 19.4 Å². The number of benzene rings is 1. The lowest BCUT2D eigenvalue weighted by Gasteiger charge is -2.15. The maximum atomic E-state index is 10.8. The number of hydrogen-bond donors (Lipinski definition) is 1. The average molecular weight is 245 g/mol. The van der Waals surface area contributed by atoms with Crippen LogP contribution in [0.5, 0.6) is 11.5 Å². The second kappa shape index (κ2) is 6.23. The molecule has 1 unspecified atom stereocenters. The summed E-state index contributed by atoms with van der Waals surface area (Å²) in [6.45, 7) is 1.74. The van der Waals surface area contributed by atoms with E-state index in [4.69, 9.17) is 26.2 Å². The Balaban J connectivity index is 2.82. The highest BCUT2D eigenvalue weighted by Crippen LogP contribution is 2.28. The Hall–Kier alpha value is -1.42. The third-order valence-electron chi connectivity index (χ3n) is 1.97. The van der Waals surface area contributed by atoms with Gasteiger partial charge in [-0.15, -0.1) is 0 Å². The van der Waals surface area contributed by atoms with Gasteiger partial charge in [-0.1, -0.05) is 30.7 Å². The van der Waals surface area contributed by atoms with Gasteiger partial charge in [0.2, 0.25) is 0 Å². The normalized spacial score (nSPS) is 11.9. The molecule has 0 bridgehead atoms. The van der Waals surface area contributed by atoms with E-state index in [-0.39, 0.29) is 6.07 Å². The lowest BCUT2D eigenvalue weighted by Crippen LogP contribution is -2.26. The third-order valence-corrected chi connectivity index (χ3v) is 2.08. The molecule has 0 aliphatic heterocycles. The second-order valence-corrected chi connectivity index (χ2v) is 3.27. The van der Waals surface area contributed by atoms with Gasteiger partial charge in [-0.2, -0.15) is 0 Å². The molecule has 0 saturated heterocycles. The molecular formula is C11H13ClO4. The fraction of sp³-hybridized carbons (Fsp3) is 0.364. The van der Waals surface area contributed by atoms with Crippen LogP contribution in [0.2, 0.25) is 0 Å². The fourth-order valence-corrected chi connectivity index (χ4v) is 1.30. The predicted octanol–water partition coefficient (Wildman–Crippen LogP) is 2.50. The van der Waals surface area contributed by atoms with Crippen LogP contribution in [0.15, 0.2) is 24.3 Å². The molecular weight excluding hydrogens is 232 g/mol. The first-order valence-electron chi connectivity index (χ1n) is 4.86. The maximum Gasteiger partial charge on any atom is 0.344 e. The van der Waals surface area contributed by atoms with E-state index >= 15 is 0 Å². The van der Waals surface area contributed by atoms with Crippen molar-refractivity contribution in [1.82, 2.24) is 0 Å². The lowest BCUT2D eigenvalue weighted by atomic mass is 10.2. The number of para-hydroxylation sites is 2. The molecule has 0 aliphatic carbocycles. The van der Waals surface area contributed by atoms with Gasteiger partial charge in [-0.3, -0.25) is 0 Å². The van der Waals surface area contributed by atoms with Gasteiger partial charge in [0, 0.05) is 0 Å². The van der Waals surface area contributed by atoms with Gasteiger partial charge in [0.25, 0.3) is 0 Å². The Kier molecular flexibility index (Phi) is 4.92. The van der Waals surface area contributed by atoms with E-state index in [9.17, 15) is 4.79 Å². The SMILES string of the molecule is CCC(Oc1ccccc1OCCl)C(=O)O. The molecule has 1 aromatic carbocycles. The highest BCUT2D eigenvalue weighted by atomic mass is 35.5. The Morgan fingerprint density at radius 2 is 2.06 bits per heavy atom. The molecule has 0 aromatic heterocycles. The minimum Gasteiger partial charge on any atom is -0.479 e. The first-order chi connectivity index (χ1) is 7.69. The summed E-state index contributed by atoms with van der Waals surface area (Å²) < 4.78 is 10.4. The van der Waals surface area contributed by atoms with Gasteiger partial charge < -0.3 is 14.6 Å². The van der Waals surface area contributed by atoms with Crippen LogP contribution in [0.4, 0.5) is 0 Å². The summed E-state index contributed by atoms with van der Waals surface area (Å²) in [6, 6.07) is 6.81. The molecule has 0 spiro atoms. The number of carboxylic acids is 1. The van der Waals surface area contributed by atoms with Gasteiger partial charge in [0.1, 0.15) is 0 Å². The smallest absolute Gasteiger partial charge is 0.344 e. The van der Waals surface area contributed by atoms with Crippen molar-refractivity contribution in [3.05, 3.63) is 24.3 Å². The van der Waals surface area contributed by atoms with Crippen molar-refractivity contribution in [2.75, 3.05) is 6.07 Å². The molecule has 1 N–H and O–H groups in total. The predicted molar refractivity (Wildman–Crippen MR) is 60.1 cm³/mol. The molecule has 0 fully saturated rings. The summed E-state index contributed by atoms with van der Waals surface area (Å²) in [4.78, 5) is 10.8. The minimum atomic E-state index is -0.997. The van der Waals surface area contributed by atoms with Crippen molar-refractivity contribution in [1.29, 1.82) is 0 Å². The maximum absolute atomic E-state index is 10.8. The molecule has 0 amide bonds. The lowest BCUT2D eigenvalue weighted by molar-refractivity contribution is -0.145. The first kappa shape index (κ1) is 12.6. The zero-order valence-electron chi connectivity index (χ0n) is 8.85. The van der Waals surface area contributed by atoms with Crippen LogP contribution in [0, 0.1) is 0 Å². The Morgan fingerprint density at radius 3 is 2.56 bits per heavy atom. The molecule has 16 heavy (non-hydrogen) atoms. The molecule has 5 heteroatoms. The Morgan fingerprint density at radius 1 is 1.44 bits per heavy atom. The standard InChI is InChI=1S/C11H13ClO4/c1-2-8(11(13)14)16-10-6-4-3-5-9(10)15-7-12/h3-6,8H,2,7H2,1H3,(H,13,14). The van der Waals surface area contributed by atoms with Crippen LogP contribution < -0.4 is 9.47 Å². The zero-order valence-corrected chi connectivity index (χ0v) is 9.61. The molecule has 1 rings (SSSR count). The molecule has 1 atom stereocenters. The topological polar surface area (TPSA) is 55.8 Å². The molecule has 0 aliphatic rings. The summed E-state index contributed by atoms with van der Waals surface area (Å²) in [7, 11) is 0.